The van der Waals surface area contributed by atoms with E-state index >= 15 is 0 Å². The highest BCUT2D eigenvalue weighted by atomic mass is 16.6. The highest BCUT2D eigenvalue weighted by Crippen LogP contribution is 2.56. The maximum Gasteiger partial charge on any atom is 0.323 e. The zero-order valence-corrected chi connectivity index (χ0v) is 19.1. The third-order valence-corrected chi connectivity index (χ3v) is 6.54. The molecule has 2 aliphatic heterocycles. The van der Waals surface area contributed by atoms with Gasteiger partial charge in [0, 0.05) is 36.2 Å². The Bertz CT molecular complexity index is 981. The van der Waals surface area contributed by atoms with Crippen LogP contribution in [0.15, 0.2) is 43.5 Å². The molecule has 33 heavy (non-hydrogen) atoms. The Kier molecular flexibility index (Phi) is 6.78. The maximum atomic E-state index is 13.9. The van der Waals surface area contributed by atoms with Crippen molar-refractivity contribution in [2.45, 2.75) is 11.5 Å². The summed E-state index contributed by atoms with van der Waals surface area (Å²) in [6.07, 6.45) is 3.08. The summed E-state index contributed by atoms with van der Waals surface area (Å²) in [5.74, 6) is -1.73. The predicted molar refractivity (Wildman–Crippen MR) is 120 cm³/mol. The van der Waals surface area contributed by atoms with Gasteiger partial charge in [0.05, 0.1) is 40.3 Å². The summed E-state index contributed by atoms with van der Waals surface area (Å²) in [5.41, 5.74) is -3.20. The molecule has 0 N–H and O–H groups in total. The van der Waals surface area contributed by atoms with Crippen molar-refractivity contribution in [2.24, 2.45) is 5.41 Å². The van der Waals surface area contributed by atoms with Crippen molar-refractivity contribution >= 4 is 11.9 Å². The quantitative estimate of drug-likeness (QED) is 0.180. The first-order chi connectivity index (χ1) is 15.7. The lowest BCUT2D eigenvalue weighted by Crippen LogP contribution is -2.77. The number of hydrogen-bond acceptors (Lipinski definition) is 8. The predicted octanol–water partition coefficient (Wildman–Crippen LogP) is 1.49. The fourth-order valence-corrected chi connectivity index (χ4v) is 5.35. The van der Waals surface area contributed by atoms with Crippen LogP contribution in [0.3, 0.4) is 0 Å². The molecule has 0 aliphatic carbocycles. The molecule has 0 radical (unpaired) electrons. The van der Waals surface area contributed by atoms with Gasteiger partial charge < -0.3 is 19.1 Å². The molecule has 10 heteroatoms. The molecule has 0 unspecified atom stereocenters. The van der Waals surface area contributed by atoms with Gasteiger partial charge in [0.1, 0.15) is 11.5 Å². The Morgan fingerprint density at radius 2 is 1.88 bits per heavy atom. The fraction of sp³-hybridized carbons (Fsp3) is 0.478. The van der Waals surface area contributed by atoms with Gasteiger partial charge in [-0.05, 0) is 6.07 Å². The van der Waals surface area contributed by atoms with Crippen LogP contribution in [-0.2, 0) is 14.3 Å². The first-order valence-corrected chi connectivity index (χ1v) is 10.4. The zero-order chi connectivity index (χ0) is 24.4. The van der Waals surface area contributed by atoms with Crippen molar-refractivity contribution in [1.29, 1.82) is 0 Å². The van der Waals surface area contributed by atoms with Crippen molar-refractivity contribution < 1.29 is 28.7 Å². The van der Waals surface area contributed by atoms with Crippen molar-refractivity contribution in [3.05, 3.63) is 59.2 Å². The Morgan fingerprint density at radius 1 is 1.18 bits per heavy atom. The molecule has 2 fully saturated rings. The summed E-state index contributed by atoms with van der Waals surface area (Å²) in [6.45, 7) is 7.48. The van der Waals surface area contributed by atoms with Gasteiger partial charge in [0.15, 0.2) is 5.41 Å². The Balaban J connectivity index is 2.39. The number of carbonyl (C=O) groups excluding carboxylic acids is 2. The molecule has 2 heterocycles. The van der Waals surface area contributed by atoms with Crippen LogP contribution in [0.1, 0.15) is 11.5 Å². The lowest BCUT2D eigenvalue weighted by molar-refractivity contribution is -0.584. The number of benzene rings is 1. The van der Waals surface area contributed by atoms with E-state index < -0.39 is 28.7 Å². The fourth-order valence-electron chi connectivity index (χ4n) is 5.35. The van der Waals surface area contributed by atoms with Crippen LogP contribution in [0.4, 0.5) is 0 Å². The van der Waals surface area contributed by atoms with Gasteiger partial charge in [-0.1, -0.05) is 18.2 Å². The minimum Gasteiger partial charge on any atom is -0.497 e. The molecule has 178 valence electrons. The van der Waals surface area contributed by atoms with Gasteiger partial charge in [0.25, 0.3) is 5.54 Å². The first-order valence-electron chi connectivity index (χ1n) is 10.4. The van der Waals surface area contributed by atoms with Gasteiger partial charge in [-0.3, -0.25) is 24.6 Å². The molecule has 10 nitrogen and oxygen atoms in total. The summed E-state index contributed by atoms with van der Waals surface area (Å²) in [7, 11) is 4.10. The third kappa shape index (κ3) is 3.64. The number of piperidine rings is 2. The second-order valence-electron chi connectivity index (χ2n) is 8.30. The van der Waals surface area contributed by atoms with E-state index in [-0.39, 0.29) is 37.6 Å². The highest BCUT2D eigenvalue weighted by Gasteiger charge is 2.75. The van der Waals surface area contributed by atoms with Crippen LogP contribution in [-0.4, -0.2) is 86.2 Å². The highest BCUT2D eigenvalue weighted by molar-refractivity contribution is 6.05. The second kappa shape index (κ2) is 9.22. The second-order valence-corrected chi connectivity index (χ2v) is 8.30. The number of rotatable bonds is 9. The van der Waals surface area contributed by atoms with Gasteiger partial charge >= 0.3 is 5.97 Å². The van der Waals surface area contributed by atoms with E-state index in [4.69, 9.17) is 14.2 Å². The molecule has 1 amide bonds. The smallest absolute Gasteiger partial charge is 0.323 e. The lowest BCUT2D eigenvalue weighted by Gasteiger charge is -2.56. The van der Waals surface area contributed by atoms with E-state index in [0.29, 0.717) is 17.1 Å². The summed E-state index contributed by atoms with van der Waals surface area (Å²) in [6, 6.07) is 4.85. The van der Waals surface area contributed by atoms with Crippen LogP contribution < -0.4 is 9.47 Å². The van der Waals surface area contributed by atoms with Crippen molar-refractivity contribution in [3.63, 3.8) is 0 Å². The number of nitrogens with zero attached hydrogens (tertiary/aromatic N) is 3. The van der Waals surface area contributed by atoms with E-state index in [2.05, 4.69) is 13.2 Å². The normalized spacial score (nSPS) is 26.9. The monoisotopic (exact) mass is 459 g/mol. The number of fused-ring (bicyclic) bond motifs is 2. The Morgan fingerprint density at radius 3 is 2.42 bits per heavy atom. The molecule has 1 aromatic carbocycles. The maximum absolute atomic E-state index is 13.9. The van der Waals surface area contributed by atoms with Gasteiger partial charge in [-0.15, -0.1) is 13.2 Å². The Hall–Kier alpha value is -3.40. The molecule has 2 bridgehead atoms. The summed E-state index contributed by atoms with van der Waals surface area (Å²) in [5, 5.41) is 12.8. The number of amides is 1. The molecule has 0 spiro atoms. The van der Waals surface area contributed by atoms with Crippen molar-refractivity contribution in [1.82, 2.24) is 9.80 Å². The molecule has 2 saturated heterocycles. The molecule has 1 aromatic rings. The minimum atomic E-state index is -1.87. The number of carbonyl (C=O) groups is 2. The number of ether oxygens (including phenoxy) is 3. The van der Waals surface area contributed by atoms with Gasteiger partial charge in [-0.25, -0.2) is 0 Å². The standard InChI is InChI=1S/C23H29N3O7/c1-6-10-24-13-22(26(29)30)14-25(11-7-2)20(27)23(15-24,21(28)33-5)19(22)17-9-8-16(31-3)12-18(17)32-4/h6-9,12,19H,1-2,10-11,13-15H2,3-5H3/t19-,22-,23-/m1/s1. The van der Waals surface area contributed by atoms with Crippen LogP contribution in [0.25, 0.3) is 0 Å². The third-order valence-electron chi connectivity index (χ3n) is 6.54. The number of likely N-dealkylation sites (tertiary alicyclic amines) is 2. The molecule has 0 aromatic heterocycles. The van der Waals surface area contributed by atoms with Gasteiger partial charge in [-0.2, -0.15) is 0 Å². The van der Waals surface area contributed by atoms with E-state index in [1.165, 1.54) is 32.3 Å². The number of esters is 1. The van der Waals surface area contributed by atoms with Crippen LogP contribution in [0.5, 0.6) is 11.5 Å². The molecular formula is C23H29N3O7. The van der Waals surface area contributed by atoms with Crippen LogP contribution in [0.2, 0.25) is 0 Å². The van der Waals surface area contributed by atoms with E-state index in [1.54, 1.807) is 29.2 Å². The SMILES string of the molecule is C=CCN1C[C@]2(C(=O)OC)C(=O)N(CC=C)C[C@]([N+](=O)[O-])(C1)[C@H]2c1ccc(OC)cc1OC. The molecule has 0 saturated carbocycles. The summed E-state index contributed by atoms with van der Waals surface area (Å²) < 4.78 is 15.9. The van der Waals surface area contributed by atoms with Crippen molar-refractivity contribution in [2.75, 3.05) is 54.1 Å². The van der Waals surface area contributed by atoms with E-state index in [9.17, 15) is 19.7 Å². The molecule has 3 atom stereocenters. The van der Waals surface area contributed by atoms with E-state index in [1.807, 2.05) is 0 Å². The number of nitro groups is 1. The van der Waals surface area contributed by atoms with Crippen LogP contribution in [0, 0.1) is 15.5 Å². The molecule has 2 aliphatic rings. The minimum absolute atomic E-state index is 0.00549. The molecular weight excluding hydrogens is 430 g/mol. The topological polar surface area (TPSA) is 111 Å². The first kappa shape index (κ1) is 24.2. The van der Waals surface area contributed by atoms with Gasteiger partial charge in [0.2, 0.25) is 5.91 Å². The molecule has 3 rings (SSSR count). The average Bonchev–Trinajstić information content (AvgIpc) is 2.81. The zero-order valence-electron chi connectivity index (χ0n) is 19.1. The lowest BCUT2D eigenvalue weighted by atomic mass is 9.56. The Labute approximate surface area is 192 Å². The average molecular weight is 459 g/mol. The summed E-state index contributed by atoms with van der Waals surface area (Å²) >= 11 is 0. The van der Waals surface area contributed by atoms with Crippen LogP contribution >= 0.6 is 0 Å². The number of methoxy groups -OCH3 is 3. The largest absolute Gasteiger partial charge is 0.497 e. The van der Waals surface area contributed by atoms with E-state index in [0.717, 1.165) is 0 Å². The van der Waals surface area contributed by atoms with Crippen molar-refractivity contribution in [3.8, 4) is 11.5 Å². The number of hydrogen-bond donors (Lipinski definition) is 0. The summed E-state index contributed by atoms with van der Waals surface area (Å²) in [4.78, 5) is 42.8.